The van der Waals surface area contributed by atoms with Crippen LogP contribution in [0, 0.1) is 29.6 Å². The summed E-state index contributed by atoms with van der Waals surface area (Å²) in [5.74, 6) is 0.335. The minimum atomic E-state index is -0.993. The minimum Gasteiger partial charge on any atom is -0.439 e. The third kappa shape index (κ3) is 9.94. The first-order valence-corrected chi connectivity index (χ1v) is 19.9. The van der Waals surface area contributed by atoms with Gasteiger partial charge in [-0.15, -0.1) is 6.58 Å². The summed E-state index contributed by atoms with van der Waals surface area (Å²) in [6.07, 6.45) is 13.6. The van der Waals surface area contributed by atoms with Crippen molar-refractivity contribution in [2.45, 2.75) is 109 Å². The van der Waals surface area contributed by atoms with Crippen molar-refractivity contribution in [3.05, 3.63) is 71.1 Å². The van der Waals surface area contributed by atoms with Crippen molar-refractivity contribution in [1.82, 2.24) is 15.5 Å². The van der Waals surface area contributed by atoms with Gasteiger partial charge in [-0.3, -0.25) is 19.3 Å². The Bertz CT molecular complexity index is 1610. The number of carbonyl (C=O) groups is 4. The number of rotatable bonds is 10. The molecule has 5 N–H and O–H groups in total. The Morgan fingerprint density at radius 1 is 1.07 bits per heavy atom. The molecule has 6 atom stereocenters. The van der Waals surface area contributed by atoms with E-state index in [1.165, 1.54) is 64.9 Å². The lowest BCUT2D eigenvalue weighted by Crippen LogP contribution is -2.61. The van der Waals surface area contributed by atoms with Gasteiger partial charge in [-0.05, 0) is 94.5 Å². The van der Waals surface area contributed by atoms with Gasteiger partial charge >= 0.3 is 6.09 Å². The molecule has 55 heavy (non-hydrogen) atoms. The molecular formula is C43H62N4O8. The fourth-order valence-electron chi connectivity index (χ4n) is 10.2. The van der Waals surface area contributed by atoms with Crippen molar-refractivity contribution in [2.75, 3.05) is 33.9 Å². The zero-order valence-corrected chi connectivity index (χ0v) is 33.5. The van der Waals surface area contributed by atoms with Crippen LogP contribution in [0.2, 0.25) is 0 Å². The Morgan fingerprint density at radius 2 is 1.73 bits per heavy atom. The maximum atomic E-state index is 14.2. The number of nitrogens with zero attached hydrogens (tertiary/aromatic N) is 1. The molecule has 12 nitrogen and oxygen atoms in total. The summed E-state index contributed by atoms with van der Waals surface area (Å²) in [6, 6.07) is 0. The number of hydrogen-bond acceptors (Lipinski definition) is 10. The Kier molecular flexibility index (Phi) is 14.2. The fourth-order valence-corrected chi connectivity index (χ4v) is 10.2. The summed E-state index contributed by atoms with van der Waals surface area (Å²) >= 11 is 0. The van der Waals surface area contributed by atoms with Crippen LogP contribution in [0.25, 0.3) is 0 Å². The number of primary amides is 1. The van der Waals surface area contributed by atoms with E-state index in [1.807, 2.05) is 19.9 Å². The molecule has 0 radical (unpaired) electrons. The van der Waals surface area contributed by atoms with Gasteiger partial charge in [0.1, 0.15) is 6.10 Å². The van der Waals surface area contributed by atoms with Crippen molar-refractivity contribution < 1.29 is 38.5 Å². The number of amides is 2. The number of aliphatic hydroxyl groups is 1. The van der Waals surface area contributed by atoms with Crippen LogP contribution in [0.15, 0.2) is 71.1 Å². The molecule has 6 aliphatic rings. The van der Waals surface area contributed by atoms with Crippen LogP contribution >= 0.6 is 0 Å². The summed E-state index contributed by atoms with van der Waals surface area (Å²) in [7, 11) is 2.97. The number of fused-ring (bicyclic) bond motifs is 2. The third-order valence-electron chi connectivity index (χ3n) is 12.5. The molecule has 1 heterocycles. The van der Waals surface area contributed by atoms with Gasteiger partial charge < -0.3 is 35.7 Å². The van der Waals surface area contributed by atoms with Gasteiger partial charge in [-0.2, -0.15) is 0 Å². The average Bonchev–Trinajstić information content (AvgIpc) is 3.12. The van der Waals surface area contributed by atoms with Crippen molar-refractivity contribution in [3.63, 3.8) is 0 Å². The van der Waals surface area contributed by atoms with E-state index in [4.69, 9.17) is 19.9 Å². The van der Waals surface area contributed by atoms with Gasteiger partial charge in [0.05, 0.1) is 23.6 Å². The molecule has 0 saturated heterocycles. The lowest BCUT2D eigenvalue weighted by Gasteiger charge is -2.60. The Morgan fingerprint density at radius 3 is 2.31 bits per heavy atom. The van der Waals surface area contributed by atoms with E-state index in [2.05, 4.69) is 22.1 Å². The number of carbonyl (C=O) groups excluding carboxylic acids is 4. The highest BCUT2D eigenvalue weighted by atomic mass is 16.6. The predicted molar refractivity (Wildman–Crippen MR) is 210 cm³/mol. The summed E-state index contributed by atoms with van der Waals surface area (Å²) in [6.45, 7) is 13.1. The van der Waals surface area contributed by atoms with Crippen molar-refractivity contribution in [2.24, 2.45) is 35.3 Å². The lowest BCUT2D eigenvalue weighted by atomic mass is 9.52. The molecular weight excluding hydrogens is 700 g/mol. The highest BCUT2D eigenvalue weighted by molar-refractivity contribution is 6.23. The van der Waals surface area contributed by atoms with Crippen LogP contribution in [0.5, 0.6) is 0 Å². The minimum absolute atomic E-state index is 0.0966. The van der Waals surface area contributed by atoms with Gasteiger partial charge in [0.15, 0.2) is 6.10 Å². The Balaban J connectivity index is 1.43. The van der Waals surface area contributed by atoms with Gasteiger partial charge in [-0.25, -0.2) is 4.79 Å². The van der Waals surface area contributed by atoms with Crippen LogP contribution in [0.4, 0.5) is 4.79 Å². The quantitative estimate of drug-likeness (QED) is 0.179. The molecule has 0 unspecified atom stereocenters. The van der Waals surface area contributed by atoms with Gasteiger partial charge in [0.2, 0.25) is 11.6 Å². The van der Waals surface area contributed by atoms with Gasteiger partial charge in [0, 0.05) is 62.5 Å². The number of methoxy groups -OCH3 is 2. The molecule has 2 amide bonds. The maximum Gasteiger partial charge on any atom is 0.405 e. The molecule has 4 fully saturated rings. The second kappa shape index (κ2) is 18.4. The zero-order valence-electron chi connectivity index (χ0n) is 33.5. The number of ketones is 2. The second-order valence-electron chi connectivity index (χ2n) is 16.7. The zero-order chi connectivity index (χ0) is 40.0. The van der Waals surface area contributed by atoms with Crippen LogP contribution in [0.1, 0.15) is 79.1 Å². The van der Waals surface area contributed by atoms with Crippen LogP contribution in [0.3, 0.4) is 0 Å². The SMILES string of the molecule is C=CCN(CCNC1=C2C[C@@H](C)C[C@H](OC)[C@H](O)[C@@H](C)/C=C(\C)[C@H](OC(N)=O)[C@@H](OC)/C=C\C=C(/C)C(=O)NC(=CC1=O)C2=O)C12CC3CC(CC(C3)C1)C2. The third-order valence-corrected chi connectivity index (χ3v) is 12.5. The molecule has 0 aromatic carbocycles. The maximum absolute atomic E-state index is 14.2. The molecule has 0 aromatic heterocycles. The first kappa shape index (κ1) is 42.3. The smallest absolute Gasteiger partial charge is 0.405 e. The molecule has 5 aliphatic carbocycles. The predicted octanol–water partition coefficient (Wildman–Crippen LogP) is 4.81. The molecule has 1 aliphatic heterocycles. The average molecular weight is 763 g/mol. The summed E-state index contributed by atoms with van der Waals surface area (Å²) in [5, 5.41) is 17.6. The normalized spacial score (nSPS) is 37.1. The molecule has 6 rings (SSSR count). The molecule has 12 heteroatoms. The molecule has 6 bridgehead atoms. The molecule has 0 aromatic rings. The van der Waals surface area contributed by atoms with Gasteiger partial charge in [-0.1, -0.05) is 44.2 Å². The van der Waals surface area contributed by atoms with Gasteiger partial charge in [0.25, 0.3) is 5.91 Å². The molecule has 302 valence electrons. The number of allylic oxidation sites excluding steroid dienone is 4. The Hall–Kier alpha value is -3.84. The van der Waals surface area contributed by atoms with Crippen molar-refractivity contribution in [3.8, 4) is 0 Å². The first-order chi connectivity index (χ1) is 26.2. The topological polar surface area (TPSA) is 170 Å². The first-order valence-electron chi connectivity index (χ1n) is 19.9. The summed E-state index contributed by atoms with van der Waals surface area (Å²) < 4.78 is 16.9. The summed E-state index contributed by atoms with van der Waals surface area (Å²) in [4.78, 5) is 55.9. The number of nitrogens with two attached hydrogens (primary N) is 1. The lowest BCUT2D eigenvalue weighted by molar-refractivity contribution is -0.120. The number of Topliss-reactive ketones (excluding diaryl/α,β-unsaturated/α-hetero) is 1. The van der Waals surface area contributed by atoms with Crippen LogP contribution in [-0.2, 0) is 28.6 Å². The number of aliphatic hydroxyl groups excluding tert-OH is 1. The monoisotopic (exact) mass is 762 g/mol. The van der Waals surface area contributed by atoms with E-state index in [-0.39, 0.29) is 40.6 Å². The molecule has 4 saturated carbocycles. The van der Waals surface area contributed by atoms with E-state index in [0.29, 0.717) is 30.7 Å². The van der Waals surface area contributed by atoms with E-state index in [1.54, 1.807) is 32.1 Å². The van der Waals surface area contributed by atoms with Crippen molar-refractivity contribution >= 4 is 23.6 Å². The van der Waals surface area contributed by atoms with E-state index in [9.17, 15) is 24.3 Å². The van der Waals surface area contributed by atoms with Crippen molar-refractivity contribution in [1.29, 1.82) is 0 Å². The number of nitrogens with one attached hydrogen (secondary N) is 2. The van der Waals surface area contributed by atoms with E-state index >= 15 is 0 Å². The highest BCUT2D eigenvalue weighted by Crippen LogP contribution is 2.57. The van der Waals surface area contributed by atoms with Crippen LogP contribution < -0.4 is 16.4 Å². The fraction of sp³-hybridized carbons (Fsp3) is 0.628. The molecule has 0 spiro atoms. The highest BCUT2D eigenvalue weighted by Gasteiger charge is 2.53. The van der Waals surface area contributed by atoms with Crippen LogP contribution in [-0.4, -0.2) is 97.4 Å². The Labute approximate surface area is 326 Å². The largest absolute Gasteiger partial charge is 0.439 e. The standard InChI is InChI=1S/C43H62N4O8/c1-8-13-47(43-22-29-18-30(23-43)20-31(19-29)24-43)14-12-45-37-32-15-25(2)16-36(54-7)38(49)27(4)17-28(5)40(55-42(44)52)35(53-6)11-9-10-26(3)41(51)46-33(39(32)50)21-34(37)48/h8-11,17,21,25,27,29-31,35-36,38,40,45,49H,1,12-16,18-20,22-24H2,2-7H3,(H2,44,52)(H,46,51)/b11-9-,26-10+,28-17+/t25-,27+,29?,30?,31?,35+,36+,38-,40+,43?/m1/s1. The van der Waals surface area contributed by atoms with E-state index in [0.717, 1.165) is 24.3 Å². The van der Waals surface area contributed by atoms with E-state index < -0.39 is 48.1 Å². The summed E-state index contributed by atoms with van der Waals surface area (Å²) in [5.41, 5.74) is 6.87. The number of hydrogen-bond donors (Lipinski definition) is 4. The second-order valence-corrected chi connectivity index (χ2v) is 16.7. The number of ether oxygens (including phenoxy) is 3.